The Balaban J connectivity index is 2.52. The molecule has 0 radical (unpaired) electrons. The van der Waals surface area contributed by atoms with Gasteiger partial charge in [-0.3, -0.25) is 5.21 Å². The number of para-hydroxylation sites is 2. The topological polar surface area (TPSA) is 64.8 Å². The molecule has 0 saturated carbocycles. The summed E-state index contributed by atoms with van der Waals surface area (Å²) < 4.78 is 0. The van der Waals surface area contributed by atoms with Crippen LogP contribution in [0, 0.1) is 0 Å². The fourth-order valence-electron chi connectivity index (χ4n) is 1.06. The molecule has 11 heavy (non-hydrogen) atoms. The number of nitrogens with one attached hydrogen (secondary N) is 1. The van der Waals surface area contributed by atoms with Crippen LogP contribution in [0.1, 0.15) is 0 Å². The van der Waals surface area contributed by atoms with E-state index in [-0.39, 0.29) is 0 Å². The third kappa shape index (κ3) is 0.829. The fraction of sp³-hybridized carbons (Fsp3) is 0. The number of nitrogens with two attached hydrogens (primary N) is 1. The van der Waals surface area contributed by atoms with Crippen molar-refractivity contribution in [3.63, 3.8) is 0 Å². The molecule has 0 aliphatic carbocycles. The van der Waals surface area contributed by atoms with Gasteiger partial charge in [-0.15, -0.1) is 5.53 Å². The van der Waals surface area contributed by atoms with Crippen LogP contribution in [0.15, 0.2) is 24.3 Å². The van der Waals surface area contributed by atoms with Crippen molar-refractivity contribution >= 4 is 11.4 Å². The van der Waals surface area contributed by atoms with E-state index in [0.29, 0.717) is 5.69 Å². The van der Waals surface area contributed by atoms with Gasteiger partial charge in [0.2, 0.25) is 0 Å². The molecule has 1 heterocycles. The maximum atomic E-state index is 9.15. The van der Waals surface area contributed by atoms with E-state index in [1.165, 1.54) is 5.12 Å². The van der Waals surface area contributed by atoms with Crippen molar-refractivity contribution in [2.75, 3.05) is 10.3 Å². The van der Waals surface area contributed by atoms with Gasteiger partial charge in [-0.1, -0.05) is 12.1 Å². The van der Waals surface area contributed by atoms with Crippen molar-refractivity contribution in [2.45, 2.75) is 0 Å². The van der Waals surface area contributed by atoms with E-state index >= 15 is 0 Å². The highest BCUT2D eigenvalue weighted by Gasteiger charge is 2.20. The summed E-state index contributed by atoms with van der Waals surface area (Å²) in [5.41, 5.74) is 3.88. The number of hydrazine groups is 3. The summed E-state index contributed by atoms with van der Waals surface area (Å²) >= 11 is 0. The molecular weight excluding hydrogens is 144 g/mol. The lowest BCUT2D eigenvalue weighted by Gasteiger charge is -2.11. The summed E-state index contributed by atoms with van der Waals surface area (Å²) in [4.78, 5) is 0. The number of nitrogens with zero attached hydrogens (tertiary/aromatic N) is 2. The van der Waals surface area contributed by atoms with Gasteiger partial charge in [0, 0.05) is 0 Å². The normalized spacial score (nSPS) is 15.5. The van der Waals surface area contributed by atoms with Crippen molar-refractivity contribution in [2.24, 2.45) is 5.84 Å². The number of anilines is 2. The molecular formula is C6H8N4O. The first-order valence-electron chi connectivity index (χ1n) is 3.18. The second-order valence-electron chi connectivity index (χ2n) is 2.27. The maximum absolute atomic E-state index is 9.15. The molecule has 1 aromatic rings. The third-order valence-electron chi connectivity index (χ3n) is 1.57. The Labute approximate surface area is 63.5 Å². The zero-order valence-corrected chi connectivity index (χ0v) is 5.73. The van der Waals surface area contributed by atoms with Crippen LogP contribution in [0.4, 0.5) is 11.4 Å². The smallest absolute Gasteiger partial charge is 0.110 e. The minimum Gasteiger partial charge on any atom is -0.271 e. The second kappa shape index (κ2) is 2.09. The average Bonchev–Trinajstić information content (AvgIpc) is 2.30. The van der Waals surface area contributed by atoms with E-state index in [1.54, 1.807) is 12.1 Å². The monoisotopic (exact) mass is 152 g/mol. The van der Waals surface area contributed by atoms with Crippen LogP contribution in [0.5, 0.6) is 0 Å². The lowest BCUT2D eigenvalue weighted by Crippen LogP contribution is -2.46. The fourth-order valence-corrected chi connectivity index (χ4v) is 1.06. The van der Waals surface area contributed by atoms with Crippen LogP contribution in [-0.4, -0.2) is 5.21 Å². The van der Waals surface area contributed by atoms with Gasteiger partial charge in [0.25, 0.3) is 0 Å². The predicted molar refractivity (Wildman–Crippen MR) is 40.5 cm³/mol. The van der Waals surface area contributed by atoms with Crippen LogP contribution in [-0.2, 0) is 0 Å². The first kappa shape index (κ1) is 6.41. The van der Waals surface area contributed by atoms with Gasteiger partial charge in [-0.2, -0.15) is 5.17 Å². The summed E-state index contributed by atoms with van der Waals surface area (Å²) in [5.74, 6) is 5.46. The molecule has 2 rings (SSSR count). The quantitative estimate of drug-likeness (QED) is 0.456. The Hall–Kier alpha value is -1.30. The van der Waals surface area contributed by atoms with E-state index in [4.69, 9.17) is 11.0 Å². The van der Waals surface area contributed by atoms with Gasteiger partial charge >= 0.3 is 0 Å². The molecule has 0 aromatic heterocycles. The van der Waals surface area contributed by atoms with Gasteiger partial charge in [0.1, 0.15) is 5.69 Å². The Morgan fingerprint density at radius 3 is 2.55 bits per heavy atom. The highest BCUT2D eigenvalue weighted by Crippen LogP contribution is 2.28. The molecule has 5 nitrogen and oxygen atoms in total. The second-order valence-corrected chi connectivity index (χ2v) is 2.27. The number of benzene rings is 1. The SMILES string of the molecule is NN1NN(O)c2ccccc21. The summed E-state index contributed by atoms with van der Waals surface area (Å²) in [6.07, 6.45) is 0. The van der Waals surface area contributed by atoms with Crippen LogP contribution < -0.4 is 21.7 Å². The summed E-state index contributed by atoms with van der Waals surface area (Å²) in [6.45, 7) is 0. The van der Waals surface area contributed by atoms with Gasteiger partial charge in [-0.25, -0.2) is 11.0 Å². The van der Waals surface area contributed by atoms with Crippen LogP contribution in [0.25, 0.3) is 0 Å². The summed E-state index contributed by atoms with van der Waals surface area (Å²) in [5, 5.41) is 11.3. The molecule has 4 N–H and O–H groups in total. The van der Waals surface area contributed by atoms with Crippen molar-refractivity contribution < 1.29 is 5.21 Å². The molecule has 5 heteroatoms. The Morgan fingerprint density at radius 2 is 1.91 bits per heavy atom. The van der Waals surface area contributed by atoms with Crippen molar-refractivity contribution in [1.29, 1.82) is 0 Å². The zero-order valence-electron chi connectivity index (χ0n) is 5.73. The predicted octanol–water partition coefficient (Wildman–Crippen LogP) is -0.00450. The highest BCUT2D eigenvalue weighted by molar-refractivity contribution is 5.71. The van der Waals surface area contributed by atoms with Gasteiger partial charge in [0.05, 0.1) is 5.69 Å². The van der Waals surface area contributed by atoms with E-state index in [9.17, 15) is 0 Å². The van der Waals surface area contributed by atoms with Gasteiger partial charge in [-0.05, 0) is 12.1 Å². The molecule has 1 aliphatic rings. The van der Waals surface area contributed by atoms with Crippen molar-refractivity contribution in [1.82, 2.24) is 5.53 Å². The van der Waals surface area contributed by atoms with Crippen LogP contribution >= 0.6 is 0 Å². The first-order valence-corrected chi connectivity index (χ1v) is 3.18. The van der Waals surface area contributed by atoms with E-state index in [1.807, 2.05) is 12.1 Å². The number of rotatable bonds is 0. The molecule has 0 amide bonds. The molecule has 0 saturated heterocycles. The lowest BCUT2D eigenvalue weighted by molar-refractivity contribution is 0.218. The van der Waals surface area contributed by atoms with Crippen molar-refractivity contribution in [3.05, 3.63) is 24.3 Å². The molecule has 0 fully saturated rings. The van der Waals surface area contributed by atoms with E-state index < -0.39 is 0 Å². The number of hydrogen-bond acceptors (Lipinski definition) is 5. The maximum Gasteiger partial charge on any atom is 0.110 e. The standard InChI is InChI=1S/C6H8N4O/c7-9-5-3-1-2-4-6(5)10(11)8-9/h1-4,8,11H,7H2. The van der Waals surface area contributed by atoms with Crippen LogP contribution in [0.3, 0.4) is 0 Å². The van der Waals surface area contributed by atoms with Crippen LogP contribution in [0.2, 0.25) is 0 Å². The number of hydrogen-bond donors (Lipinski definition) is 3. The molecule has 0 spiro atoms. The molecule has 0 atom stereocenters. The molecule has 1 aromatic carbocycles. The van der Waals surface area contributed by atoms with E-state index in [0.717, 1.165) is 10.9 Å². The molecule has 1 aliphatic heterocycles. The molecule has 58 valence electrons. The van der Waals surface area contributed by atoms with E-state index in [2.05, 4.69) is 5.53 Å². The Kier molecular flexibility index (Phi) is 1.22. The Morgan fingerprint density at radius 1 is 1.27 bits per heavy atom. The van der Waals surface area contributed by atoms with Gasteiger partial charge in [0.15, 0.2) is 0 Å². The highest BCUT2D eigenvalue weighted by atomic mass is 16.6. The number of fused-ring (bicyclic) bond motifs is 1. The molecule has 0 bridgehead atoms. The summed E-state index contributed by atoms with van der Waals surface area (Å²) in [7, 11) is 0. The minimum atomic E-state index is 0.648. The summed E-state index contributed by atoms with van der Waals surface area (Å²) in [6, 6.07) is 7.23. The Bertz CT molecular complexity index is 250. The minimum absolute atomic E-state index is 0.648. The zero-order chi connectivity index (χ0) is 7.84. The van der Waals surface area contributed by atoms with Gasteiger partial charge < -0.3 is 0 Å². The van der Waals surface area contributed by atoms with Crippen molar-refractivity contribution in [3.8, 4) is 0 Å². The average molecular weight is 152 g/mol. The molecule has 0 unspecified atom stereocenters. The largest absolute Gasteiger partial charge is 0.271 e. The first-order chi connectivity index (χ1) is 5.29. The third-order valence-corrected chi connectivity index (χ3v) is 1.57. The lowest BCUT2D eigenvalue weighted by atomic mass is 10.3.